The summed E-state index contributed by atoms with van der Waals surface area (Å²) >= 11 is 0.211. The summed E-state index contributed by atoms with van der Waals surface area (Å²) in [6.07, 6.45) is 4.71. The van der Waals surface area contributed by atoms with Crippen LogP contribution in [0.1, 0.15) is 19.3 Å². The van der Waals surface area contributed by atoms with Crippen LogP contribution >= 0.6 is 0 Å². The van der Waals surface area contributed by atoms with Crippen molar-refractivity contribution >= 4 is 23.2 Å². The third kappa shape index (κ3) is 1.55. The van der Waals surface area contributed by atoms with Crippen LogP contribution in [0.3, 0.4) is 0 Å². The van der Waals surface area contributed by atoms with Crippen LogP contribution in [0.4, 0.5) is 0 Å². The van der Waals surface area contributed by atoms with E-state index in [4.69, 9.17) is 0 Å². The third-order valence-corrected chi connectivity index (χ3v) is 6.05. The van der Waals surface area contributed by atoms with Crippen molar-refractivity contribution in [3.8, 4) is 0 Å². The fourth-order valence-electron chi connectivity index (χ4n) is 0.736. The topological polar surface area (TPSA) is 0 Å². The Bertz CT molecular complexity index is 19.4. The molecule has 0 nitrogen and oxygen atoms in total. The molecule has 1 aliphatic rings. The Morgan fingerprint density at radius 2 is 1.50 bits per heavy atom. The Morgan fingerprint density at radius 1 is 0.833 bits per heavy atom. The van der Waals surface area contributed by atoms with Gasteiger partial charge < -0.3 is 0 Å². The molecule has 1 heterocycles. The monoisotopic (exact) mass is 279 g/mol. The van der Waals surface area contributed by atoms with Gasteiger partial charge in [0.2, 0.25) is 0 Å². The van der Waals surface area contributed by atoms with E-state index in [-0.39, 0.29) is 23.2 Å². The summed E-state index contributed by atoms with van der Waals surface area (Å²) < 4.78 is 3.36. The second-order valence-electron chi connectivity index (χ2n) is 1.73. The van der Waals surface area contributed by atoms with Gasteiger partial charge in [-0.15, -0.1) is 0 Å². The summed E-state index contributed by atoms with van der Waals surface area (Å²) in [4.78, 5) is 0. The van der Waals surface area contributed by atoms with Crippen molar-refractivity contribution in [3.05, 3.63) is 0 Å². The average molecular weight is 279 g/mol. The first-order valence-electron chi connectivity index (χ1n) is 2.63. The Morgan fingerprint density at radius 3 is 1.67 bits per heavy atom. The van der Waals surface area contributed by atoms with Crippen LogP contribution in [-0.4, -0.2) is 23.2 Å². The first-order valence-corrected chi connectivity index (χ1v) is 7.55. The zero-order chi connectivity index (χ0) is 4.24. The maximum atomic E-state index is 1.68. The molecule has 0 saturated carbocycles. The Labute approximate surface area is 50.9 Å². The van der Waals surface area contributed by atoms with E-state index < -0.39 is 0 Å². The third-order valence-electron chi connectivity index (χ3n) is 1.13. The van der Waals surface area contributed by atoms with Crippen LogP contribution < -0.4 is 0 Å². The van der Waals surface area contributed by atoms with E-state index in [1.54, 1.807) is 27.5 Å². The second-order valence-corrected chi connectivity index (χ2v) is 6.95. The number of hydrogen-bond donors (Lipinski definition) is 0. The van der Waals surface area contributed by atoms with Crippen LogP contribution in [0, 0.1) is 0 Å². The van der Waals surface area contributed by atoms with Crippen molar-refractivity contribution in [2.24, 2.45) is 0 Å². The fourth-order valence-corrected chi connectivity index (χ4v) is 5.08. The SMILES string of the molecule is C1C[CH2][Bi][CH2]C1. The van der Waals surface area contributed by atoms with Gasteiger partial charge in [-0.25, -0.2) is 0 Å². The molecule has 0 unspecified atom stereocenters. The van der Waals surface area contributed by atoms with Crippen LogP contribution in [0.15, 0.2) is 0 Å². The van der Waals surface area contributed by atoms with Crippen LogP contribution in [-0.2, 0) is 0 Å². The van der Waals surface area contributed by atoms with Gasteiger partial charge in [-0.1, -0.05) is 0 Å². The first kappa shape index (κ1) is 5.03. The summed E-state index contributed by atoms with van der Waals surface area (Å²) in [5.74, 6) is 0. The molecule has 0 bridgehead atoms. The summed E-state index contributed by atoms with van der Waals surface area (Å²) in [6, 6.07) is 0. The molecule has 1 heteroatoms. The predicted molar refractivity (Wildman–Crippen MR) is 29.2 cm³/mol. The minimum absolute atomic E-state index is 0.211. The Hall–Kier alpha value is 0.883. The van der Waals surface area contributed by atoms with E-state index in [1.165, 1.54) is 0 Å². The van der Waals surface area contributed by atoms with Gasteiger partial charge in [-0.2, -0.15) is 0 Å². The molecule has 1 saturated heterocycles. The number of hydrogen-bond acceptors (Lipinski definition) is 0. The number of rotatable bonds is 0. The van der Waals surface area contributed by atoms with Gasteiger partial charge in [0, 0.05) is 0 Å². The average Bonchev–Trinajstić information content (AvgIpc) is 1.72. The zero-order valence-electron chi connectivity index (χ0n) is 3.98. The van der Waals surface area contributed by atoms with Gasteiger partial charge in [0.25, 0.3) is 0 Å². The molecule has 1 rings (SSSR count). The minimum atomic E-state index is 0.211. The molecule has 1 radical (unpaired) electrons. The Balaban J connectivity index is 2.00. The summed E-state index contributed by atoms with van der Waals surface area (Å²) in [7, 11) is 0. The van der Waals surface area contributed by atoms with Gasteiger partial charge in [0.1, 0.15) is 0 Å². The molecular weight excluding hydrogens is 269 g/mol. The maximum absolute atomic E-state index is 1.68. The van der Waals surface area contributed by atoms with Crippen LogP contribution in [0.2, 0.25) is 8.26 Å². The van der Waals surface area contributed by atoms with Crippen molar-refractivity contribution in [3.63, 3.8) is 0 Å². The quantitative estimate of drug-likeness (QED) is 0.592. The molecule has 0 N–H and O–H groups in total. The molecule has 0 aliphatic carbocycles. The van der Waals surface area contributed by atoms with Crippen molar-refractivity contribution in [2.45, 2.75) is 27.5 Å². The van der Waals surface area contributed by atoms with Gasteiger partial charge in [0.05, 0.1) is 0 Å². The molecule has 0 amide bonds. The van der Waals surface area contributed by atoms with Crippen molar-refractivity contribution < 1.29 is 0 Å². The van der Waals surface area contributed by atoms with Crippen molar-refractivity contribution in [2.75, 3.05) is 0 Å². The van der Waals surface area contributed by atoms with Crippen molar-refractivity contribution in [1.29, 1.82) is 0 Å². The normalized spacial score (nSPS) is 24.0. The second kappa shape index (κ2) is 2.96. The van der Waals surface area contributed by atoms with Gasteiger partial charge in [-0.05, 0) is 0 Å². The van der Waals surface area contributed by atoms with E-state index in [0.29, 0.717) is 0 Å². The van der Waals surface area contributed by atoms with E-state index >= 15 is 0 Å². The van der Waals surface area contributed by atoms with Crippen molar-refractivity contribution in [1.82, 2.24) is 0 Å². The van der Waals surface area contributed by atoms with E-state index in [9.17, 15) is 0 Å². The van der Waals surface area contributed by atoms with Crippen LogP contribution in [0.5, 0.6) is 0 Å². The van der Waals surface area contributed by atoms with E-state index in [2.05, 4.69) is 0 Å². The molecule has 0 atom stereocenters. The van der Waals surface area contributed by atoms with E-state index in [1.807, 2.05) is 0 Å². The molecule has 0 aromatic carbocycles. The van der Waals surface area contributed by atoms with E-state index in [0.717, 1.165) is 0 Å². The molecule has 6 heavy (non-hydrogen) atoms. The van der Waals surface area contributed by atoms with Gasteiger partial charge >= 0.3 is 50.8 Å². The first-order chi connectivity index (χ1) is 3.00. The molecule has 1 fully saturated rings. The molecule has 0 aromatic rings. The molecule has 1 aliphatic heterocycles. The predicted octanol–water partition coefficient (Wildman–Crippen LogP) is 1.71. The summed E-state index contributed by atoms with van der Waals surface area (Å²) in [5, 5.41) is 0. The zero-order valence-corrected chi connectivity index (χ0v) is 7.46. The van der Waals surface area contributed by atoms with Gasteiger partial charge in [0.15, 0.2) is 0 Å². The standard InChI is InChI=1S/C5H10.Bi/c1-3-5-4-2;/h1-5H2;. The molecule has 0 spiro atoms. The van der Waals surface area contributed by atoms with Crippen LogP contribution in [0.25, 0.3) is 0 Å². The van der Waals surface area contributed by atoms with Gasteiger partial charge in [-0.3, -0.25) is 0 Å². The fraction of sp³-hybridized carbons (Fsp3) is 1.00. The molecule has 0 aromatic heterocycles. The molecular formula is C5H10Bi. The summed E-state index contributed by atoms with van der Waals surface area (Å²) in [6.45, 7) is 0. The molecule has 35 valence electrons. The Kier molecular flexibility index (Phi) is 2.48. The summed E-state index contributed by atoms with van der Waals surface area (Å²) in [5.41, 5.74) is 0.